The van der Waals surface area contributed by atoms with Gasteiger partial charge in [0.05, 0.1) is 0 Å². The van der Waals surface area contributed by atoms with E-state index in [2.05, 4.69) is 32.9 Å². The Morgan fingerprint density at radius 2 is 1.30 bits per heavy atom. The molecule has 2 aromatic carbocycles. The van der Waals surface area contributed by atoms with Crippen molar-refractivity contribution < 1.29 is 10.2 Å². The van der Waals surface area contributed by atoms with Crippen LogP contribution in [0.5, 0.6) is 11.5 Å². The van der Waals surface area contributed by atoms with Crippen LogP contribution in [0.4, 0.5) is 0 Å². The van der Waals surface area contributed by atoms with Crippen LogP contribution in [0.2, 0.25) is 0 Å². The highest BCUT2D eigenvalue weighted by molar-refractivity contribution is 5.71. The largest absolute Gasteiger partial charge is 0.504 e. The Balaban J connectivity index is 2.62. The van der Waals surface area contributed by atoms with E-state index in [0.717, 1.165) is 30.4 Å². The van der Waals surface area contributed by atoms with E-state index in [9.17, 15) is 10.2 Å². The van der Waals surface area contributed by atoms with Gasteiger partial charge < -0.3 is 10.2 Å². The molecule has 2 heteroatoms. The molecule has 2 nitrogen and oxygen atoms in total. The Kier molecular flexibility index (Phi) is 4.33. The number of rotatable bonds is 4. The van der Waals surface area contributed by atoms with Gasteiger partial charge in [0.2, 0.25) is 0 Å². The van der Waals surface area contributed by atoms with Crippen LogP contribution < -0.4 is 0 Å². The van der Waals surface area contributed by atoms with Gasteiger partial charge in [0.25, 0.3) is 0 Å². The number of hydrogen-bond acceptors (Lipinski definition) is 2. The van der Waals surface area contributed by atoms with E-state index in [-0.39, 0.29) is 11.5 Å². The predicted molar refractivity (Wildman–Crippen MR) is 83.3 cm³/mol. The first-order valence-corrected chi connectivity index (χ1v) is 7.27. The Hall–Kier alpha value is -1.96. The van der Waals surface area contributed by atoms with E-state index in [4.69, 9.17) is 0 Å². The minimum Gasteiger partial charge on any atom is -0.504 e. The molecule has 0 amide bonds. The molecule has 0 bridgehead atoms. The Morgan fingerprint density at radius 1 is 0.700 bits per heavy atom. The van der Waals surface area contributed by atoms with Crippen molar-refractivity contribution in [3.63, 3.8) is 0 Å². The van der Waals surface area contributed by atoms with E-state index in [1.807, 2.05) is 6.07 Å². The monoisotopic (exact) mass is 270 g/mol. The van der Waals surface area contributed by atoms with Crippen molar-refractivity contribution in [3.8, 4) is 22.6 Å². The zero-order valence-electron chi connectivity index (χ0n) is 12.4. The van der Waals surface area contributed by atoms with Crippen molar-refractivity contribution in [2.24, 2.45) is 0 Å². The minimum atomic E-state index is -0.0762. The van der Waals surface area contributed by atoms with Gasteiger partial charge in [0.15, 0.2) is 11.5 Å². The predicted octanol–water partition coefficient (Wildman–Crippen LogP) is 4.45. The highest BCUT2D eigenvalue weighted by Crippen LogP contribution is 2.34. The van der Waals surface area contributed by atoms with Crippen molar-refractivity contribution in [1.82, 2.24) is 0 Å². The number of phenolic OH excluding ortho intramolecular Hbond substituents is 2. The van der Waals surface area contributed by atoms with Crippen LogP contribution in [0.25, 0.3) is 11.1 Å². The van der Waals surface area contributed by atoms with Crippen LogP contribution >= 0.6 is 0 Å². The lowest BCUT2D eigenvalue weighted by Crippen LogP contribution is -1.97. The van der Waals surface area contributed by atoms with Crippen LogP contribution in [-0.4, -0.2) is 10.2 Å². The quantitative estimate of drug-likeness (QED) is 0.806. The summed E-state index contributed by atoms with van der Waals surface area (Å²) in [7, 11) is 0. The molecular formula is C18H22O2. The van der Waals surface area contributed by atoms with Gasteiger partial charge in [-0.15, -0.1) is 0 Å². The van der Waals surface area contributed by atoms with Crippen molar-refractivity contribution in [2.75, 3.05) is 0 Å². The Bertz CT molecular complexity index is 615. The van der Waals surface area contributed by atoms with Gasteiger partial charge in [0, 0.05) is 0 Å². The SMILES string of the molecule is CCc1cc(CC)c(-c2ccc(O)c(O)c2)cc1CC. The second-order valence-electron chi connectivity index (χ2n) is 5.04. The molecule has 2 N–H and O–H groups in total. The summed E-state index contributed by atoms with van der Waals surface area (Å²) in [5.74, 6) is -0.144. The summed E-state index contributed by atoms with van der Waals surface area (Å²) in [4.78, 5) is 0. The van der Waals surface area contributed by atoms with Gasteiger partial charge in [0.1, 0.15) is 0 Å². The highest BCUT2D eigenvalue weighted by atomic mass is 16.3. The zero-order valence-corrected chi connectivity index (χ0v) is 12.4. The number of benzene rings is 2. The first kappa shape index (κ1) is 14.4. The van der Waals surface area contributed by atoms with E-state index in [1.54, 1.807) is 12.1 Å². The standard InChI is InChI=1S/C18H22O2/c1-4-12-9-14(6-3)16(10-13(12)5-2)15-7-8-17(19)18(20)11-15/h7-11,19-20H,4-6H2,1-3H3. The molecule has 106 valence electrons. The summed E-state index contributed by atoms with van der Waals surface area (Å²) >= 11 is 0. The second-order valence-corrected chi connectivity index (χ2v) is 5.04. The van der Waals surface area contributed by atoms with Gasteiger partial charge in [-0.3, -0.25) is 0 Å². The van der Waals surface area contributed by atoms with Gasteiger partial charge in [-0.25, -0.2) is 0 Å². The summed E-state index contributed by atoms with van der Waals surface area (Å²) in [5, 5.41) is 19.2. The molecule has 0 atom stereocenters. The molecule has 0 aromatic heterocycles. The Morgan fingerprint density at radius 3 is 1.85 bits per heavy atom. The van der Waals surface area contributed by atoms with Crippen LogP contribution in [0, 0.1) is 0 Å². The van der Waals surface area contributed by atoms with Gasteiger partial charge in [-0.2, -0.15) is 0 Å². The molecule has 0 aliphatic rings. The lowest BCUT2D eigenvalue weighted by Gasteiger charge is -2.15. The van der Waals surface area contributed by atoms with E-state index >= 15 is 0 Å². The molecule has 2 aromatic rings. The average molecular weight is 270 g/mol. The van der Waals surface area contributed by atoms with Crippen LogP contribution in [0.1, 0.15) is 37.5 Å². The van der Waals surface area contributed by atoms with Crippen molar-refractivity contribution in [2.45, 2.75) is 40.0 Å². The van der Waals surface area contributed by atoms with Crippen LogP contribution in [0.15, 0.2) is 30.3 Å². The molecule has 0 saturated heterocycles. The fourth-order valence-corrected chi connectivity index (χ4v) is 2.65. The lowest BCUT2D eigenvalue weighted by atomic mass is 9.90. The third kappa shape index (κ3) is 2.64. The number of aromatic hydroxyl groups is 2. The molecule has 0 aliphatic carbocycles. The van der Waals surface area contributed by atoms with E-state index < -0.39 is 0 Å². The van der Waals surface area contributed by atoms with Crippen molar-refractivity contribution in [1.29, 1.82) is 0 Å². The molecule has 0 radical (unpaired) electrons. The van der Waals surface area contributed by atoms with Crippen molar-refractivity contribution in [3.05, 3.63) is 47.0 Å². The van der Waals surface area contributed by atoms with Gasteiger partial charge >= 0.3 is 0 Å². The Labute approximate surface area is 120 Å². The maximum Gasteiger partial charge on any atom is 0.158 e. The first-order valence-electron chi connectivity index (χ1n) is 7.27. The molecule has 0 unspecified atom stereocenters. The number of aryl methyl sites for hydroxylation is 3. The van der Waals surface area contributed by atoms with E-state index in [1.165, 1.54) is 16.7 Å². The molecule has 2 rings (SSSR count). The summed E-state index contributed by atoms with van der Waals surface area (Å²) in [6.07, 6.45) is 3.00. The smallest absolute Gasteiger partial charge is 0.158 e. The normalized spacial score (nSPS) is 10.8. The lowest BCUT2D eigenvalue weighted by molar-refractivity contribution is 0.404. The second kappa shape index (κ2) is 6.00. The molecule has 0 fully saturated rings. The molecule has 0 heterocycles. The number of hydrogen-bond donors (Lipinski definition) is 2. The molecule has 20 heavy (non-hydrogen) atoms. The third-order valence-electron chi connectivity index (χ3n) is 3.85. The summed E-state index contributed by atoms with van der Waals surface area (Å²) < 4.78 is 0. The van der Waals surface area contributed by atoms with Crippen LogP contribution in [-0.2, 0) is 19.3 Å². The minimum absolute atomic E-state index is 0.0674. The van der Waals surface area contributed by atoms with Crippen LogP contribution in [0.3, 0.4) is 0 Å². The topological polar surface area (TPSA) is 40.5 Å². The summed E-state index contributed by atoms with van der Waals surface area (Å²) in [5.41, 5.74) is 6.14. The van der Waals surface area contributed by atoms with E-state index in [0.29, 0.717) is 0 Å². The fourth-order valence-electron chi connectivity index (χ4n) is 2.65. The molecule has 0 saturated carbocycles. The maximum atomic E-state index is 9.70. The average Bonchev–Trinajstić information content (AvgIpc) is 2.48. The maximum absolute atomic E-state index is 9.70. The zero-order chi connectivity index (χ0) is 14.7. The first-order chi connectivity index (χ1) is 9.60. The van der Waals surface area contributed by atoms with Crippen molar-refractivity contribution >= 4 is 0 Å². The molecular weight excluding hydrogens is 248 g/mol. The fraction of sp³-hybridized carbons (Fsp3) is 0.333. The summed E-state index contributed by atoms with van der Waals surface area (Å²) in [6, 6.07) is 9.54. The summed E-state index contributed by atoms with van der Waals surface area (Å²) in [6.45, 7) is 6.49. The van der Waals surface area contributed by atoms with Gasteiger partial charge in [-0.05, 0) is 59.2 Å². The third-order valence-corrected chi connectivity index (χ3v) is 3.85. The molecule has 0 aliphatic heterocycles. The highest BCUT2D eigenvalue weighted by Gasteiger charge is 2.10. The van der Waals surface area contributed by atoms with Gasteiger partial charge in [-0.1, -0.05) is 39.0 Å². The number of phenols is 2. The molecule has 0 spiro atoms.